The van der Waals surface area contributed by atoms with E-state index in [1.165, 1.54) is 0 Å². The molecule has 1 saturated heterocycles. The molecule has 132 valence electrons. The number of ether oxygens (including phenoxy) is 1. The number of nitrogens with zero attached hydrogens (tertiary/aromatic N) is 3. The van der Waals surface area contributed by atoms with Crippen LogP contribution in [0.25, 0.3) is 0 Å². The Bertz CT molecular complexity index is 747. The standard InChI is InChI=1S/C17H21N5O3/c1-21(10-12-6-7-18-20-12)17(24)19-13-8-16(23)22(11-13)14-4-3-5-15(9-14)25-2/h3-7,9,13H,8,10-11H2,1-2H3,(H,18,20)(H,19,24)/t13-/m0/s1. The third-order valence-electron chi connectivity index (χ3n) is 4.13. The van der Waals surface area contributed by atoms with Crippen molar-refractivity contribution in [3.63, 3.8) is 0 Å². The van der Waals surface area contributed by atoms with E-state index in [1.54, 1.807) is 30.2 Å². The molecule has 8 heteroatoms. The van der Waals surface area contributed by atoms with Crippen LogP contribution in [0.5, 0.6) is 5.75 Å². The molecule has 0 spiro atoms. The summed E-state index contributed by atoms with van der Waals surface area (Å²) in [5.74, 6) is 0.673. The van der Waals surface area contributed by atoms with Gasteiger partial charge in [0.15, 0.2) is 0 Å². The molecular weight excluding hydrogens is 322 g/mol. The van der Waals surface area contributed by atoms with Crippen molar-refractivity contribution in [3.8, 4) is 5.75 Å². The van der Waals surface area contributed by atoms with Gasteiger partial charge in [0, 0.05) is 38.0 Å². The zero-order chi connectivity index (χ0) is 17.8. The van der Waals surface area contributed by atoms with Crippen LogP contribution in [0.15, 0.2) is 36.5 Å². The summed E-state index contributed by atoms with van der Waals surface area (Å²) < 4.78 is 5.20. The summed E-state index contributed by atoms with van der Waals surface area (Å²) in [5, 5.41) is 9.59. The van der Waals surface area contributed by atoms with Crippen molar-refractivity contribution in [1.82, 2.24) is 20.4 Å². The summed E-state index contributed by atoms with van der Waals surface area (Å²) in [6, 6.07) is 8.70. The Balaban J connectivity index is 1.59. The molecule has 8 nitrogen and oxygen atoms in total. The number of carbonyl (C=O) groups excluding carboxylic acids is 2. The van der Waals surface area contributed by atoms with Crippen molar-refractivity contribution in [3.05, 3.63) is 42.2 Å². The van der Waals surface area contributed by atoms with Gasteiger partial charge in [-0.25, -0.2) is 4.79 Å². The van der Waals surface area contributed by atoms with Gasteiger partial charge in [-0.15, -0.1) is 0 Å². The summed E-state index contributed by atoms with van der Waals surface area (Å²) in [6.45, 7) is 0.863. The number of H-pyrrole nitrogens is 1. The third-order valence-corrected chi connectivity index (χ3v) is 4.13. The van der Waals surface area contributed by atoms with Gasteiger partial charge in [0.1, 0.15) is 5.75 Å². The highest BCUT2D eigenvalue weighted by Crippen LogP contribution is 2.25. The molecule has 25 heavy (non-hydrogen) atoms. The number of carbonyl (C=O) groups is 2. The second-order valence-electron chi connectivity index (χ2n) is 5.99. The summed E-state index contributed by atoms with van der Waals surface area (Å²) in [5.41, 5.74) is 1.62. The first-order valence-corrected chi connectivity index (χ1v) is 8.01. The fourth-order valence-corrected chi connectivity index (χ4v) is 2.82. The SMILES string of the molecule is COc1cccc(N2C[C@@H](NC(=O)N(C)Cc3ccn[nH]3)CC2=O)c1. The van der Waals surface area contributed by atoms with Gasteiger partial charge in [-0.3, -0.25) is 9.89 Å². The number of anilines is 1. The first-order chi connectivity index (χ1) is 12.1. The second kappa shape index (κ2) is 7.25. The maximum absolute atomic E-state index is 12.3. The molecule has 1 aromatic heterocycles. The van der Waals surface area contributed by atoms with Gasteiger partial charge in [-0.05, 0) is 18.2 Å². The summed E-state index contributed by atoms with van der Waals surface area (Å²) in [7, 11) is 3.29. The minimum atomic E-state index is -0.226. The lowest BCUT2D eigenvalue weighted by Crippen LogP contribution is -2.44. The van der Waals surface area contributed by atoms with Crippen molar-refractivity contribution in [2.24, 2.45) is 0 Å². The minimum absolute atomic E-state index is 0.0187. The van der Waals surface area contributed by atoms with Crippen LogP contribution in [0.2, 0.25) is 0 Å². The summed E-state index contributed by atoms with van der Waals surface area (Å²) in [4.78, 5) is 27.8. The Morgan fingerprint density at radius 1 is 1.48 bits per heavy atom. The number of nitrogens with one attached hydrogen (secondary N) is 2. The fourth-order valence-electron chi connectivity index (χ4n) is 2.82. The van der Waals surface area contributed by atoms with Gasteiger partial charge < -0.3 is 19.9 Å². The van der Waals surface area contributed by atoms with Crippen LogP contribution in [0, 0.1) is 0 Å². The molecule has 1 aromatic carbocycles. The van der Waals surface area contributed by atoms with Crippen LogP contribution in [0.4, 0.5) is 10.5 Å². The van der Waals surface area contributed by atoms with Gasteiger partial charge in [0.25, 0.3) is 0 Å². The lowest BCUT2D eigenvalue weighted by Gasteiger charge is -2.21. The molecule has 2 N–H and O–H groups in total. The average Bonchev–Trinajstić information content (AvgIpc) is 3.24. The number of benzene rings is 1. The Kier molecular flexibility index (Phi) is 4.87. The molecule has 3 amide bonds. The highest BCUT2D eigenvalue weighted by Gasteiger charge is 2.32. The molecule has 3 rings (SSSR count). The topological polar surface area (TPSA) is 90.6 Å². The van der Waals surface area contributed by atoms with Gasteiger partial charge in [-0.1, -0.05) is 6.07 Å². The van der Waals surface area contributed by atoms with Crippen LogP contribution in [0.3, 0.4) is 0 Å². The molecule has 2 aromatic rings. The number of hydrogen-bond acceptors (Lipinski definition) is 4. The lowest BCUT2D eigenvalue weighted by atomic mass is 10.2. The predicted molar refractivity (Wildman–Crippen MR) is 92.3 cm³/mol. The molecule has 1 aliphatic heterocycles. The number of aromatic nitrogens is 2. The van der Waals surface area contributed by atoms with Crippen molar-refractivity contribution >= 4 is 17.6 Å². The van der Waals surface area contributed by atoms with Crippen LogP contribution in [-0.2, 0) is 11.3 Å². The fraction of sp³-hybridized carbons (Fsp3) is 0.353. The van der Waals surface area contributed by atoms with Crippen LogP contribution in [-0.4, -0.2) is 53.8 Å². The van der Waals surface area contributed by atoms with Crippen LogP contribution >= 0.6 is 0 Å². The normalized spacial score (nSPS) is 16.8. The Morgan fingerprint density at radius 2 is 2.32 bits per heavy atom. The van der Waals surface area contributed by atoms with Crippen molar-refractivity contribution < 1.29 is 14.3 Å². The van der Waals surface area contributed by atoms with E-state index in [0.717, 1.165) is 11.4 Å². The molecule has 1 aliphatic rings. The number of amides is 3. The van der Waals surface area contributed by atoms with Crippen molar-refractivity contribution in [1.29, 1.82) is 0 Å². The number of hydrogen-bond donors (Lipinski definition) is 2. The lowest BCUT2D eigenvalue weighted by molar-refractivity contribution is -0.117. The van der Waals surface area contributed by atoms with Crippen LogP contribution in [0.1, 0.15) is 12.1 Å². The van der Waals surface area contributed by atoms with E-state index in [4.69, 9.17) is 4.74 Å². The van der Waals surface area contributed by atoms with Crippen LogP contribution < -0.4 is 15.0 Å². The molecule has 1 fully saturated rings. The van der Waals surface area contributed by atoms with Crippen molar-refractivity contribution in [2.45, 2.75) is 19.0 Å². The number of urea groups is 1. The molecule has 1 atom stereocenters. The minimum Gasteiger partial charge on any atom is -0.497 e. The van der Waals surface area contributed by atoms with E-state index >= 15 is 0 Å². The molecular formula is C17H21N5O3. The maximum atomic E-state index is 12.3. The smallest absolute Gasteiger partial charge is 0.317 e. The quantitative estimate of drug-likeness (QED) is 0.858. The van der Waals surface area contributed by atoms with Crippen molar-refractivity contribution in [2.75, 3.05) is 25.6 Å². The number of aromatic amines is 1. The summed E-state index contributed by atoms with van der Waals surface area (Å²) >= 11 is 0. The number of rotatable bonds is 5. The first-order valence-electron chi connectivity index (χ1n) is 8.01. The maximum Gasteiger partial charge on any atom is 0.317 e. The van der Waals surface area contributed by atoms with Gasteiger partial charge in [0.2, 0.25) is 5.91 Å². The van der Waals surface area contributed by atoms with E-state index in [9.17, 15) is 9.59 Å². The first kappa shape index (κ1) is 16.8. The van der Waals surface area contributed by atoms with E-state index in [1.807, 2.05) is 30.3 Å². The highest BCUT2D eigenvalue weighted by molar-refractivity contribution is 5.97. The molecule has 0 bridgehead atoms. The number of methoxy groups -OCH3 is 1. The molecule has 0 radical (unpaired) electrons. The molecule has 0 aliphatic carbocycles. The zero-order valence-electron chi connectivity index (χ0n) is 14.2. The highest BCUT2D eigenvalue weighted by atomic mass is 16.5. The Hall–Kier alpha value is -3.03. The van der Waals surface area contributed by atoms with Gasteiger partial charge in [0.05, 0.1) is 25.4 Å². The monoisotopic (exact) mass is 343 g/mol. The molecule has 0 unspecified atom stereocenters. The van der Waals surface area contributed by atoms with E-state index in [2.05, 4.69) is 15.5 Å². The van der Waals surface area contributed by atoms with E-state index in [-0.39, 0.29) is 24.4 Å². The largest absolute Gasteiger partial charge is 0.497 e. The Labute approximate surface area is 145 Å². The second-order valence-corrected chi connectivity index (χ2v) is 5.99. The zero-order valence-corrected chi connectivity index (χ0v) is 14.2. The van der Waals surface area contributed by atoms with Gasteiger partial charge >= 0.3 is 6.03 Å². The molecule has 2 heterocycles. The third kappa shape index (κ3) is 3.90. The average molecular weight is 343 g/mol. The van der Waals surface area contributed by atoms with Gasteiger partial charge in [-0.2, -0.15) is 5.10 Å². The van der Waals surface area contributed by atoms with E-state index in [0.29, 0.717) is 18.8 Å². The predicted octanol–water partition coefficient (Wildman–Crippen LogP) is 1.37. The molecule has 0 saturated carbocycles. The Morgan fingerprint density at radius 3 is 3.04 bits per heavy atom. The van der Waals surface area contributed by atoms with E-state index < -0.39 is 0 Å². The summed E-state index contributed by atoms with van der Waals surface area (Å²) in [6.07, 6.45) is 1.92.